The smallest absolute Gasteiger partial charge is 0.358 e. The van der Waals surface area contributed by atoms with Crippen LogP contribution in [0.2, 0.25) is 0 Å². The van der Waals surface area contributed by atoms with E-state index in [2.05, 4.69) is 34.0 Å². The summed E-state index contributed by atoms with van der Waals surface area (Å²) in [7, 11) is 1.35. The molecular weight excluding hydrogens is 268 g/mol. The molecule has 21 heavy (non-hydrogen) atoms. The molecule has 6 nitrogen and oxygen atoms in total. The van der Waals surface area contributed by atoms with Crippen LogP contribution in [0.15, 0.2) is 12.4 Å². The molecule has 1 fully saturated rings. The lowest BCUT2D eigenvalue weighted by atomic mass is 9.98. The van der Waals surface area contributed by atoms with Gasteiger partial charge in [0.2, 0.25) is 0 Å². The summed E-state index contributed by atoms with van der Waals surface area (Å²) in [5.74, 6) is 0.885. The Balaban J connectivity index is 2.15. The first-order valence-electron chi connectivity index (χ1n) is 7.49. The summed E-state index contributed by atoms with van der Waals surface area (Å²) in [6, 6.07) is 0.300. The van der Waals surface area contributed by atoms with Gasteiger partial charge in [0.05, 0.1) is 19.5 Å². The Morgan fingerprint density at radius 3 is 2.95 bits per heavy atom. The molecule has 1 aliphatic rings. The van der Waals surface area contributed by atoms with Crippen LogP contribution in [0.5, 0.6) is 0 Å². The Labute approximate surface area is 125 Å². The summed E-state index contributed by atoms with van der Waals surface area (Å²) >= 11 is 0. The van der Waals surface area contributed by atoms with Crippen molar-refractivity contribution < 1.29 is 9.53 Å². The van der Waals surface area contributed by atoms with E-state index in [1.807, 2.05) is 0 Å². The third-order valence-electron chi connectivity index (χ3n) is 3.79. The Kier molecular flexibility index (Phi) is 5.50. The molecule has 1 aromatic heterocycles. The van der Waals surface area contributed by atoms with Crippen molar-refractivity contribution in [1.82, 2.24) is 15.3 Å². The van der Waals surface area contributed by atoms with E-state index >= 15 is 0 Å². The lowest BCUT2D eigenvalue weighted by Crippen LogP contribution is -2.41. The number of aromatic nitrogens is 2. The average molecular weight is 292 g/mol. The Morgan fingerprint density at radius 2 is 2.33 bits per heavy atom. The van der Waals surface area contributed by atoms with Crippen LogP contribution in [-0.4, -0.2) is 48.7 Å². The van der Waals surface area contributed by atoms with Crippen molar-refractivity contribution in [1.29, 1.82) is 0 Å². The molecule has 0 bridgehead atoms. The van der Waals surface area contributed by atoms with Crippen molar-refractivity contribution in [2.75, 3.05) is 31.6 Å². The highest BCUT2D eigenvalue weighted by Gasteiger charge is 2.21. The van der Waals surface area contributed by atoms with Gasteiger partial charge in [-0.3, -0.25) is 4.98 Å². The number of nitrogens with zero attached hydrogens (tertiary/aromatic N) is 3. The molecule has 116 valence electrons. The van der Waals surface area contributed by atoms with Crippen LogP contribution >= 0.6 is 0 Å². The molecule has 1 unspecified atom stereocenters. The standard InChI is InChI=1S/C15H24N4O2/c1-11(2)19(10-12-5-4-6-16-7-12)14-9-17-8-13(18-14)15(20)21-3/h8-9,11-12,16H,4-7,10H2,1-3H3. The van der Waals surface area contributed by atoms with Gasteiger partial charge in [-0.1, -0.05) is 0 Å². The molecule has 1 aromatic rings. The number of carbonyl (C=O) groups is 1. The Bertz CT molecular complexity index is 472. The van der Waals surface area contributed by atoms with Crippen molar-refractivity contribution in [3.63, 3.8) is 0 Å². The van der Waals surface area contributed by atoms with Crippen molar-refractivity contribution in [2.45, 2.75) is 32.7 Å². The summed E-state index contributed by atoms with van der Waals surface area (Å²) in [6.07, 6.45) is 5.59. The lowest BCUT2D eigenvalue weighted by molar-refractivity contribution is 0.0593. The molecule has 2 heterocycles. The van der Waals surface area contributed by atoms with Crippen LogP contribution in [-0.2, 0) is 4.74 Å². The van der Waals surface area contributed by atoms with E-state index in [9.17, 15) is 4.79 Å². The summed E-state index contributed by atoms with van der Waals surface area (Å²) in [4.78, 5) is 22.3. The molecule has 6 heteroatoms. The third-order valence-corrected chi connectivity index (χ3v) is 3.79. The summed E-state index contributed by atoms with van der Waals surface area (Å²) < 4.78 is 4.71. The highest BCUT2D eigenvalue weighted by Crippen LogP contribution is 2.19. The minimum atomic E-state index is -0.451. The molecule has 0 aliphatic carbocycles. The summed E-state index contributed by atoms with van der Waals surface area (Å²) in [5, 5.41) is 3.43. The fourth-order valence-corrected chi connectivity index (χ4v) is 2.62. The zero-order valence-electron chi connectivity index (χ0n) is 13.0. The van der Waals surface area contributed by atoms with Crippen molar-refractivity contribution in [3.8, 4) is 0 Å². The van der Waals surface area contributed by atoms with Gasteiger partial charge in [0.25, 0.3) is 0 Å². The third kappa shape index (κ3) is 4.14. The maximum absolute atomic E-state index is 11.6. The number of anilines is 1. The van der Waals surface area contributed by atoms with E-state index in [0.717, 1.165) is 25.5 Å². The maximum Gasteiger partial charge on any atom is 0.358 e. The molecule has 0 aromatic carbocycles. The molecule has 0 spiro atoms. The molecule has 1 atom stereocenters. The second kappa shape index (κ2) is 7.36. The van der Waals surface area contributed by atoms with Gasteiger partial charge in [-0.15, -0.1) is 0 Å². The van der Waals surface area contributed by atoms with Crippen molar-refractivity contribution in [3.05, 3.63) is 18.1 Å². The molecule has 1 N–H and O–H groups in total. The number of hydrogen-bond donors (Lipinski definition) is 1. The molecule has 0 saturated carbocycles. The molecule has 2 rings (SSSR count). The van der Waals surface area contributed by atoms with E-state index in [-0.39, 0.29) is 5.69 Å². The van der Waals surface area contributed by atoms with E-state index in [4.69, 9.17) is 4.74 Å². The minimum Gasteiger partial charge on any atom is -0.464 e. The fraction of sp³-hybridized carbons (Fsp3) is 0.667. The SMILES string of the molecule is COC(=O)c1cncc(N(CC2CCCNC2)C(C)C)n1. The summed E-state index contributed by atoms with van der Waals surface area (Å²) in [5.41, 5.74) is 0.252. The van der Waals surface area contributed by atoms with Crippen LogP contribution < -0.4 is 10.2 Å². The fourth-order valence-electron chi connectivity index (χ4n) is 2.62. The highest BCUT2D eigenvalue weighted by atomic mass is 16.5. The van der Waals surface area contributed by atoms with Gasteiger partial charge >= 0.3 is 5.97 Å². The van der Waals surface area contributed by atoms with E-state index < -0.39 is 5.97 Å². The number of nitrogens with one attached hydrogen (secondary N) is 1. The second-order valence-electron chi connectivity index (χ2n) is 5.71. The number of methoxy groups -OCH3 is 1. The van der Waals surface area contributed by atoms with Gasteiger partial charge < -0.3 is 15.0 Å². The Hall–Kier alpha value is -1.69. The lowest BCUT2D eigenvalue weighted by Gasteiger charge is -2.33. The largest absolute Gasteiger partial charge is 0.464 e. The zero-order valence-corrected chi connectivity index (χ0v) is 13.0. The maximum atomic E-state index is 11.6. The average Bonchev–Trinajstić information content (AvgIpc) is 2.52. The van der Waals surface area contributed by atoms with Crippen molar-refractivity contribution >= 4 is 11.8 Å². The number of piperidine rings is 1. The Morgan fingerprint density at radius 1 is 1.52 bits per heavy atom. The highest BCUT2D eigenvalue weighted by molar-refractivity contribution is 5.87. The summed E-state index contributed by atoms with van der Waals surface area (Å²) in [6.45, 7) is 7.32. The van der Waals surface area contributed by atoms with E-state index in [0.29, 0.717) is 12.0 Å². The van der Waals surface area contributed by atoms with Gasteiger partial charge in [0.15, 0.2) is 5.69 Å². The van der Waals surface area contributed by atoms with E-state index in [1.54, 1.807) is 6.20 Å². The molecule has 1 aliphatic heterocycles. The minimum absolute atomic E-state index is 0.252. The number of carbonyl (C=O) groups excluding carboxylic acids is 1. The number of ether oxygens (including phenoxy) is 1. The van der Waals surface area contributed by atoms with Crippen molar-refractivity contribution in [2.24, 2.45) is 5.92 Å². The van der Waals surface area contributed by atoms with Crippen LogP contribution in [0.1, 0.15) is 37.2 Å². The second-order valence-corrected chi connectivity index (χ2v) is 5.71. The predicted octanol–water partition coefficient (Wildman–Crippen LogP) is 1.48. The zero-order chi connectivity index (χ0) is 15.2. The van der Waals surface area contributed by atoms with Gasteiger partial charge in [0, 0.05) is 12.6 Å². The van der Waals surface area contributed by atoms with Gasteiger partial charge in [0.1, 0.15) is 5.82 Å². The normalized spacial score (nSPS) is 18.6. The first-order valence-corrected chi connectivity index (χ1v) is 7.49. The first-order chi connectivity index (χ1) is 10.1. The molecule has 0 amide bonds. The van der Waals surface area contributed by atoms with Gasteiger partial charge in [-0.05, 0) is 45.7 Å². The van der Waals surface area contributed by atoms with Crippen LogP contribution in [0.3, 0.4) is 0 Å². The number of esters is 1. The predicted molar refractivity (Wildman–Crippen MR) is 81.4 cm³/mol. The molecular formula is C15H24N4O2. The first kappa shape index (κ1) is 15.7. The number of hydrogen-bond acceptors (Lipinski definition) is 6. The monoisotopic (exact) mass is 292 g/mol. The van der Waals surface area contributed by atoms with Crippen LogP contribution in [0.4, 0.5) is 5.82 Å². The molecule has 0 radical (unpaired) electrons. The van der Waals surface area contributed by atoms with Gasteiger partial charge in [-0.25, -0.2) is 9.78 Å². The topological polar surface area (TPSA) is 67.3 Å². The quantitative estimate of drug-likeness (QED) is 0.829. The number of rotatable bonds is 5. The molecule has 1 saturated heterocycles. The van der Waals surface area contributed by atoms with E-state index in [1.165, 1.54) is 26.1 Å². The van der Waals surface area contributed by atoms with Gasteiger partial charge in [-0.2, -0.15) is 0 Å². The van der Waals surface area contributed by atoms with Crippen LogP contribution in [0.25, 0.3) is 0 Å². The van der Waals surface area contributed by atoms with Crippen LogP contribution in [0, 0.1) is 5.92 Å².